The number of rotatable bonds is 4. The van der Waals surface area contributed by atoms with E-state index >= 15 is 0 Å². The largest absolute Gasteiger partial charge is 0.355 e. The molecule has 0 saturated carbocycles. The van der Waals surface area contributed by atoms with E-state index in [1.54, 1.807) is 24.8 Å². The lowest BCUT2D eigenvalue weighted by Gasteiger charge is -2.33. The van der Waals surface area contributed by atoms with Crippen molar-refractivity contribution in [2.45, 2.75) is 25.8 Å². The fourth-order valence-corrected chi connectivity index (χ4v) is 3.51. The quantitative estimate of drug-likeness (QED) is 0.772. The number of amides is 1. The summed E-state index contributed by atoms with van der Waals surface area (Å²) >= 11 is 0. The second kappa shape index (κ2) is 7.57. The number of anilines is 2. The molecule has 0 unspecified atom stereocenters. The van der Waals surface area contributed by atoms with Gasteiger partial charge in [-0.3, -0.25) is 9.78 Å². The maximum Gasteiger partial charge on any atom is 0.257 e. The Hall–Kier alpha value is -3.22. The van der Waals surface area contributed by atoms with Gasteiger partial charge in [-0.15, -0.1) is 0 Å². The Bertz CT molecular complexity index is 915. The van der Waals surface area contributed by atoms with E-state index in [4.69, 9.17) is 0 Å². The van der Waals surface area contributed by atoms with E-state index in [2.05, 4.69) is 25.3 Å². The third-order valence-corrected chi connectivity index (χ3v) is 4.99. The zero-order valence-corrected chi connectivity index (χ0v) is 15.2. The van der Waals surface area contributed by atoms with Gasteiger partial charge < -0.3 is 10.2 Å². The maximum atomic E-state index is 12.6. The van der Waals surface area contributed by atoms with E-state index in [-0.39, 0.29) is 11.9 Å². The molecule has 1 fully saturated rings. The van der Waals surface area contributed by atoms with Gasteiger partial charge in [-0.25, -0.2) is 9.67 Å². The average Bonchev–Trinajstić information content (AvgIpc) is 3.17. The predicted molar refractivity (Wildman–Crippen MR) is 104 cm³/mol. The van der Waals surface area contributed by atoms with Gasteiger partial charge in [0.05, 0.1) is 18.4 Å². The molecule has 138 valence electrons. The molecule has 1 aliphatic rings. The first-order valence-electron chi connectivity index (χ1n) is 9.14. The van der Waals surface area contributed by atoms with Gasteiger partial charge in [-0.05, 0) is 31.4 Å². The van der Waals surface area contributed by atoms with Crippen molar-refractivity contribution >= 4 is 17.5 Å². The highest BCUT2D eigenvalue weighted by atomic mass is 16.1. The van der Waals surface area contributed by atoms with Gasteiger partial charge in [0.15, 0.2) is 0 Å². The minimum atomic E-state index is -0.105. The normalized spacial score (nSPS) is 14.9. The molecule has 1 N–H and O–H groups in total. The fourth-order valence-electron chi connectivity index (χ4n) is 3.51. The van der Waals surface area contributed by atoms with E-state index < -0.39 is 0 Å². The Labute approximate surface area is 158 Å². The lowest BCUT2D eigenvalue weighted by Crippen LogP contribution is -2.35. The van der Waals surface area contributed by atoms with Crippen molar-refractivity contribution in [3.63, 3.8) is 0 Å². The highest BCUT2D eigenvalue weighted by Crippen LogP contribution is 2.27. The molecule has 7 heteroatoms. The van der Waals surface area contributed by atoms with Crippen molar-refractivity contribution in [3.8, 4) is 0 Å². The summed E-state index contributed by atoms with van der Waals surface area (Å²) in [5.41, 5.74) is 1.64. The summed E-state index contributed by atoms with van der Waals surface area (Å²) in [4.78, 5) is 23.4. The molecule has 3 heterocycles. The Morgan fingerprint density at radius 2 is 1.93 bits per heavy atom. The van der Waals surface area contributed by atoms with E-state index in [1.165, 1.54) is 0 Å². The fraction of sp³-hybridized carbons (Fsp3) is 0.300. The van der Waals surface area contributed by atoms with Crippen LogP contribution in [0.2, 0.25) is 0 Å². The van der Waals surface area contributed by atoms with Gasteiger partial charge >= 0.3 is 0 Å². The lowest BCUT2D eigenvalue weighted by atomic mass is 10.1. The van der Waals surface area contributed by atoms with Crippen molar-refractivity contribution in [2.24, 2.45) is 0 Å². The third kappa shape index (κ3) is 3.67. The number of benzene rings is 1. The molecule has 7 nitrogen and oxygen atoms in total. The molecule has 1 saturated heterocycles. The first kappa shape index (κ1) is 17.2. The lowest BCUT2D eigenvalue weighted by molar-refractivity contribution is 0.102. The van der Waals surface area contributed by atoms with Crippen LogP contribution in [0.3, 0.4) is 0 Å². The number of hydrogen-bond donors (Lipinski definition) is 1. The summed E-state index contributed by atoms with van der Waals surface area (Å²) < 4.78 is 1.93. The highest BCUT2D eigenvalue weighted by molar-refractivity contribution is 6.04. The van der Waals surface area contributed by atoms with Crippen LogP contribution in [0.25, 0.3) is 0 Å². The summed E-state index contributed by atoms with van der Waals surface area (Å²) in [5, 5.41) is 7.48. The Balaban J connectivity index is 1.44. The van der Waals surface area contributed by atoms with Crippen LogP contribution in [-0.4, -0.2) is 38.7 Å². The van der Waals surface area contributed by atoms with E-state index in [9.17, 15) is 4.79 Å². The van der Waals surface area contributed by atoms with Gasteiger partial charge in [0.2, 0.25) is 0 Å². The zero-order chi connectivity index (χ0) is 18.6. The van der Waals surface area contributed by atoms with Gasteiger partial charge in [0, 0.05) is 37.1 Å². The minimum Gasteiger partial charge on any atom is -0.355 e. The number of nitrogens with zero attached hydrogens (tertiary/aromatic N) is 5. The number of aromatic nitrogens is 4. The number of aryl methyl sites for hydroxylation is 1. The molecule has 27 heavy (non-hydrogen) atoms. The molecule has 1 amide bonds. The molecule has 0 aliphatic carbocycles. The van der Waals surface area contributed by atoms with Crippen molar-refractivity contribution in [3.05, 3.63) is 66.2 Å². The molecule has 0 bridgehead atoms. The van der Waals surface area contributed by atoms with Crippen LogP contribution in [0.5, 0.6) is 0 Å². The molecule has 4 rings (SSSR count). The summed E-state index contributed by atoms with van der Waals surface area (Å²) in [6, 6.07) is 9.69. The number of carbonyl (C=O) groups excluding carboxylic acids is 1. The molecule has 3 aromatic rings. The van der Waals surface area contributed by atoms with Crippen molar-refractivity contribution in [1.29, 1.82) is 0 Å². The van der Waals surface area contributed by atoms with E-state index in [0.29, 0.717) is 5.56 Å². The summed E-state index contributed by atoms with van der Waals surface area (Å²) in [7, 11) is 0. The Morgan fingerprint density at radius 3 is 2.67 bits per heavy atom. The van der Waals surface area contributed by atoms with Crippen molar-refractivity contribution in [2.75, 3.05) is 23.3 Å². The second-order valence-electron chi connectivity index (χ2n) is 6.71. The first-order chi connectivity index (χ1) is 13.2. The number of hydrogen-bond acceptors (Lipinski definition) is 5. The summed E-state index contributed by atoms with van der Waals surface area (Å²) in [6.07, 6.45) is 8.80. The number of nitrogens with one attached hydrogen (secondary N) is 1. The molecule has 2 aromatic heterocycles. The second-order valence-corrected chi connectivity index (χ2v) is 6.71. The van der Waals surface area contributed by atoms with E-state index in [0.717, 1.165) is 43.1 Å². The molecule has 1 aliphatic heterocycles. The molecular formula is C20H22N6O. The predicted octanol–water partition coefficient (Wildman–Crippen LogP) is 3.08. The third-order valence-electron chi connectivity index (χ3n) is 4.99. The van der Waals surface area contributed by atoms with Gasteiger partial charge in [-0.1, -0.05) is 18.2 Å². The van der Waals surface area contributed by atoms with Crippen LogP contribution in [0.15, 0.2) is 55.1 Å². The molecule has 0 spiro atoms. The minimum absolute atomic E-state index is 0.105. The molecule has 1 aromatic carbocycles. The SMILES string of the molecule is Cc1ccccc1C(=O)Nc1ccnn1C1CCN(c2cnccn2)CC1. The highest BCUT2D eigenvalue weighted by Gasteiger charge is 2.24. The average molecular weight is 362 g/mol. The van der Waals surface area contributed by atoms with Crippen LogP contribution in [0.4, 0.5) is 11.6 Å². The van der Waals surface area contributed by atoms with Crippen LogP contribution in [-0.2, 0) is 0 Å². The van der Waals surface area contributed by atoms with Crippen LogP contribution >= 0.6 is 0 Å². The topological polar surface area (TPSA) is 75.9 Å². The summed E-state index contributed by atoms with van der Waals surface area (Å²) in [5.74, 6) is 1.54. The number of carbonyl (C=O) groups is 1. The monoisotopic (exact) mass is 362 g/mol. The van der Waals surface area contributed by atoms with Crippen LogP contribution < -0.4 is 10.2 Å². The smallest absolute Gasteiger partial charge is 0.257 e. The standard InChI is InChI=1S/C20H22N6O/c1-15-4-2-3-5-17(15)20(27)24-18-6-9-23-26(18)16-7-12-25(13-8-16)19-14-21-10-11-22-19/h2-6,9-11,14,16H,7-8,12-13H2,1H3,(H,24,27). The number of piperidine rings is 1. The first-order valence-corrected chi connectivity index (χ1v) is 9.14. The molecule has 0 atom stereocenters. The van der Waals surface area contributed by atoms with Gasteiger partial charge in [-0.2, -0.15) is 5.10 Å². The van der Waals surface area contributed by atoms with Gasteiger partial charge in [0.25, 0.3) is 5.91 Å². The Kier molecular flexibility index (Phi) is 4.82. The molecular weight excluding hydrogens is 340 g/mol. The Morgan fingerprint density at radius 1 is 1.11 bits per heavy atom. The summed E-state index contributed by atoms with van der Waals surface area (Å²) in [6.45, 7) is 3.71. The zero-order valence-electron chi connectivity index (χ0n) is 15.2. The molecule has 0 radical (unpaired) electrons. The van der Waals surface area contributed by atoms with E-state index in [1.807, 2.05) is 41.9 Å². The van der Waals surface area contributed by atoms with Crippen LogP contribution in [0.1, 0.15) is 34.8 Å². The van der Waals surface area contributed by atoms with Crippen molar-refractivity contribution in [1.82, 2.24) is 19.7 Å². The van der Waals surface area contributed by atoms with Crippen LogP contribution in [0, 0.1) is 6.92 Å². The van der Waals surface area contributed by atoms with Gasteiger partial charge in [0.1, 0.15) is 11.6 Å². The maximum absolute atomic E-state index is 12.6. The van der Waals surface area contributed by atoms with Crippen molar-refractivity contribution < 1.29 is 4.79 Å².